The first-order chi connectivity index (χ1) is 9.11. The van der Waals surface area contributed by atoms with Crippen LogP contribution in [0.3, 0.4) is 0 Å². The zero-order valence-electron chi connectivity index (χ0n) is 11.1. The number of aryl methyl sites for hydroxylation is 1. The van der Waals surface area contributed by atoms with Crippen LogP contribution in [0.25, 0.3) is 0 Å². The van der Waals surface area contributed by atoms with Crippen LogP contribution in [0, 0.1) is 6.92 Å². The van der Waals surface area contributed by atoms with Crippen LogP contribution in [0.2, 0.25) is 0 Å². The van der Waals surface area contributed by atoms with Crippen molar-refractivity contribution in [2.45, 2.75) is 26.8 Å². The third kappa shape index (κ3) is 3.11. The van der Waals surface area contributed by atoms with E-state index in [1.165, 1.54) is 11.3 Å². The molecule has 0 aromatic carbocycles. The highest BCUT2D eigenvalue weighted by molar-refractivity contribution is 7.15. The molecule has 0 bridgehead atoms. The number of carbonyl (C=O) groups is 1. The number of H-pyrrole nitrogens is 1. The van der Waals surface area contributed by atoms with Gasteiger partial charge in [-0.1, -0.05) is 0 Å². The Labute approximate surface area is 115 Å². The zero-order chi connectivity index (χ0) is 13.8. The second-order valence-electron chi connectivity index (χ2n) is 3.98. The van der Waals surface area contributed by atoms with E-state index in [4.69, 9.17) is 4.74 Å². The molecule has 7 heteroatoms. The zero-order valence-corrected chi connectivity index (χ0v) is 11.9. The predicted molar refractivity (Wildman–Crippen MR) is 73.4 cm³/mol. The number of nitrogens with one attached hydrogen (secondary N) is 2. The standard InChI is InChI=1S/C12H16N4O2S/c1-4-18-11(17)9-8(3)19-12(16-9)15-7(2)10-13-5-6-14-10/h5-7H,4H2,1-3H3,(H,13,14)(H,15,16). The van der Waals surface area contributed by atoms with Gasteiger partial charge in [-0.25, -0.2) is 14.8 Å². The van der Waals surface area contributed by atoms with Crippen molar-refractivity contribution < 1.29 is 9.53 Å². The Morgan fingerprint density at radius 3 is 3.05 bits per heavy atom. The average Bonchev–Trinajstić information content (AvgIpc) is 2.99. The SMILES string of the molecule is CCOC(=O)c1nc(NC(C)c2ncc[nH]2)sc1C. The minimum Gasteiger partial charge on any atom is -0.461 e. The molecule has 102 valence electrons. The van der Waals surface area contributed by atoms with E-state index in [0.29, 0.717) is 17.4 Å². The quantitative estimate of drug-likeness (QED) is 0.823. The minimum absolute atomic E-state index is 0.00408. The third-order valence-corrected chi connectivity index (χ3v) is 3.44. The number of carbonyl (C=O) groups excluding carboxylic acids is 1. The molecule has 1 unspecified atom stereocenters. The molecule has 0 aliphatic carbocycles. The van der Waals surface area contributed by atoms with Gasteiger partial charge in [0.25, 0.3) is 0 Å². The lowest BCUT2D eigenvalue weighted by Gasteiger charge is -2.09. The monoisotopic (exact) mass is 280 g/mol. The molecule has 0 aliphatic rings. The molecule has 19 heavy (non-hydrogen) atoms. The Balaban J connectivity index is 2.10. The second kappa shape index (κ2) is 5.83. The van der Waals surface area contributed by atoms with Crippen molar-refractivity contribution in [1.29, 1.82) is 0 Å². The summed E-state index contributed by atoms with van der Waals surface area (Å²) in [5.74, 6) is 0.445. The van der Waals surface area contributed by atoms with Crippen molar-refractivity contribution in [3.63, 3.8) is 0 Å². The van der Waals surface area contributed by atoms with Gasteiger partial charge in [-0.05, 0) is 20.8 Å². The predicted octanol–water partition coefficient (Wildman–Crippen LogP) is 2.52. The van der Waals surface area contributed by atoms with Gasteiger partial charge >= 0.3 is 5.97 Å². The number of hydrogen-bond donors (Lipinski definition) is 2. The molecule has 2 aromatic heterocycles. The summed E-state index contributed by atoms with van der Waals surface area (Å²) in [7, 11) is 0. The molecule has 2 N–H and O–H groups in total. The van der Waals surface area contributed by atoms with Gasteiger partial charge in [-0.15, -0.1) is 11.3 Å². The molecular formula is C12H16N4O2S. The molecule has 0 aliphatic heterocycles. The van der Waals surface area contributed by atoms with Gasteiger partial charge in [-0.3, -0.25) is 0 Å². The molecule has 0 fully saturated rings. The van der Waals surface area contributed by atoms with Crippen molar-refractivity contribution in [2.75, 3.05) is 11.9 Å². The molecule has 0 radical (unpaired) electrons. The summed E-state index contributed by atoms with van der Waals surface area (Å²) >= 11 is 1.43. The number of esters is 1. The molecule has 2 rings (SSSR count). The first-order valence-corrected chi connectivity index (χ1v) is 6.83. The van der Waals surface area contributed by atoms with E-state index in [-0.39, 0.29) is 12.0 Å². The average molecular weight is 280 g/mol. The van der Waals surface area contributed by atoms with E-state index in [1.807, 2.05) is 13.8 Å². The summed E-state index contributed by atoms with van der Waals surface area (Å²) in [6, 6.07) is -0.00408. The van der Waals surface area contributed by atoms with Gasteiger partial charge in [0, 0.05) is 17.3 Å². The number of thiazole rings is 1. The van der Waals surface area contributed by atoms with E-state index in [1.54, 1.807) is 19.3 Å². The normalized spacial score (nSPS) is 12.2. The summed E-state index contributed by atoms with van der Waals surface area (Å²) in [6.45, 7) is 5.95. The summed E-state index contributed by atoms with van der Waals surface area (Å²) in [5, 5.41) is 3.89. The van der Waals surface area contributed by atoms with Gasteiger partial charge in [0.15, 0.2) is 10.8 Å². The molecule has 0 saturated heterocycles. The minimum atomic E-state index is -0.380. The van der Waals surface area contributed by atoms with Crippen molar-refractivity contribution in [1.82, 2.24) is 15.0 Å². The Hall–Kier alpha value is -1.89. The Bertz CT molecular complexity index is 550. The molecule has 0 spiro atoms. The first kappa shape index (κ1) is 13.5. The number of aromatic nitrogens is 3. The van der Waals surface area contributed by atoms with Crippen molar-refractivity contribution in [3.05, 3.63) is 28.8 Å². The molecule has 0 saturated carbocycles. The molecule has 2 heterocycles. The fourth-order valence-corrected chi connectivity index (χ4v) is 2.50. The highest BCUT2D eigenvalue weighted by Crippen LogP contribution is 2.25. The maximum atomic E-state index is 11.7. The van der Waals surface area contributed by atoms with Crippen molar-refractivity contribution >= 4 is 22.4 Å². The lowest BCUT2D eigenvalue weighted by molar-refractivity contribution is 0.0519. The third-order valence-electron chi connectivity index (χ3n) is 2.53. The number of imidazole rings is 1. The van der Waals surface area contributed by atoms with Gasteiger partial charge in [0.2, 0.25) is 0 Å². The molecule has 0 amide bonds. The van der Waals surface area contributed by atoms with Crippen molar-refractivity contribution in [3.8, 4) is 0 Å². The highest BCUT2D eigenvalue weighted by atomic mass is 32.1. The van der Waals surface area contributed by atoms with Crippen LogP contribution in [0.4, 0.5) is 5.13 Å². The van der Waals surface area contributed by atoms with Gasteiger partial charge in [-0.2, -0.15) is 0 Å². The molecule has 6 nitrogen and oxygen atoms in total. The van der Waals surface area contributed by atoms with Crippen LogP contribution in [0.15, 0.2) is 12.4 Å². The lowest BCUT2D eigenvalue weighted by Crippen LogP contribution is -2.09. The van der Waals surface area contributed by atoms with Gasteiger partial charge < -0.3 is 15.0 Å². The van der Waals surface area contributed by atoms with E-state index in [2.05, 4.69) is 20.3 Å². The van der Waals surface area contributed by atoms with Crippen LogP contribution >= 0.6 is 11.3 Å². The number of nitrogens with zero attached hydrogens (tertiary/aromatic N) is 2. The van der Waals surface area contributed by atoms with Gasteiger partial charge in [0.1, 0.15) is 5.82 Å². The number of hydrogen-bond acceptors (Lipinski definition) is 6. The van der Waals surface area contributed by atoms with E-state index >= 15 is 0 Å². The fraction of sp³-hybridized carbons (Fsp3) is 0.417. The van der Waals surface area contributed by atoms with Crippen LogP contribution in [0.1, 0.15) is 41.1 Å². The summed E-state index contributed by atoms with van der Waals surface area (Å²) < 4.78 is 4.96. The topological polar surface area (TPSA) is 79.9 Å². The van der Waals surface area contributed by atoms with Crippen LogP contribution < -0.4 is 5.32 Å². The fourth-order valence-electron chi connectivity index (χ4n) is 1.61. The number of anilines is 1. The highest BCUT2D eigenvalue weighted by Gasteiger charge is 2.18. The summed E-state index contributed by atoms with van der Waals surface area (Å²) in [6.07, 6.45) is 3.47. The Morgan fingerprint density at radius 2 is 2.42 bits per heavy atom. The lowest BCUT2D eigenvalue weighted by atomic mass is 10.3. The summed E-state index contributed by atoms with van der Waals surface area (Å²) in [5.41, 5.74) is 0.376. The number of rotatable bonds is 5. The molecular weight excluding hydrogens is 264 g/mol. The largest absolute Gasteiger partial charge is 0.461 e. The van der Waals surface area contributed by atoms with E-state index < -0.39 is 0 Å². The number of ether oxygens (including phenoxy) is 1. The first-order valence-electron chi connectivity index (χ1n) is 6.02. The second-order valence-corrected chi connectivity index (χ2v) is 5.19. The summed E-state index contributed by atoms with van der Waals surface area (Å²) in [4.78, 5) is 24.0. The number of aromatic amines is 1. The van der Waals surface area contributed by atoms with Crippen LogP contribution in [-0.2, 0) is 4.74 Å². The smallest absolute Gasteiger partial charge is 0.358 e. The maximum absolute atomic E-state index is 11.7. The van der Waals surface area contributed by atoms with Crippen molar-refractivity contribution in [2.24, 2.45) is 0 Å². The van der Waals surface area contributed by atoms with Crippen LogP contribution in [-0.4, -0.2) is 27.5 Å². The Morgan fingerprint density at radius 1 is 1.63 bits per heavy atom. The van der Waals surface area contributed by atoms with Crippen LogP contribution in [0.5, 0.6) is 0 Å². The Kier molecular flexibility index (Phi) is 4.16. The van der Waals surface area contributed by atoms with Gasteiger partial charge in [0.05, 0.1) is 12.6 Å². The molecule has 1 atom stereocenters. The molecule has 2 aromatic rings. The maximum Gasteiger partial charge on any atom is 0.358 e. The van der Waals surface area contributed by atoms with E-state index in [9.17, 15) is 4.79 Å². The van der Waals surface area contributed by atoms with E-state index in [0.717, 1.165) is 10.7 Å².